The minimum Gasteiger partial charge on any atom is -0.496 e. The molecule has 25 heavy (non-hydrogen) atoms. The second kappa shape index (κ2) is 7.17. The smallest absolute Gasteiger partial charge is 0.261 e. The van der Waals surface area contributed by atoms with Crippen molar-refractivity contribution < 1.29 is 13.2 Å². The van der Waals surface area contributed by atoms with E-state index in [9.17, 15) is 8.42 Å². The van der Waals surface area contributed by atoms with Gasteiger partial charge in [-0.05, 0) is 45.2 Å². The molecular weight excluding hydrogens is 338 g/mol. The zero-order valence-electron chi connectivity index (χ0n) is 14.9. The second-order valence-corrected chi connectivity index (χ2v) is 8.15. The average molecular weight is 363 g/mol. The first-order chi connectivity index (χ1) is 12.0. The maximum absolute atomic E-state index is 13.4. The van der Waals surface area contributed by atoms with E-state index in [1.54, 1.807) is 23.7 Å². The molecule has 2 atom stereocenters. The molecule has 1 aromatic carbocycles. The largest absolute Gasteiger partial charge is 0.496 e. The molecule has 1 aliphatic heterocycles. The Morgan fingerprint density at radius 2 is 2.00 bits per heavy atom. The first-order valence-corrected chi connectivity index (χ1v) is 10.1. The molecule has 1 fully saturated rings. The third-order valence-electron chi connectivity index (χ3n) is 4.86. The van der Waals surface area contributed by atoms with Gasteiger partial charge in [-0.15, -0.1) is 0 Å². The van der Waals surface area contributed by atoms with Crippen LogP contribution in [0.15, 0.2) is 41.6 Å². The van der Waals surface area contributed by atoms with Crippen molar-refractivity contribution in [2.45, 2.75) is 56.8 Å². The lowest BCUT2D eigenvalue weighted by molar-refractivity contribution is 0.188. The lowest BCUT2D eigenvalue weighted by Crippen LogP contribution is -2.44. The van der Waals surface area contributed by atoms with Gasteiger partial charge in [0.05, 0.1) is 19.3 Å². The summed E-state index contributed by atoms with van der Waals surface area (Å²) in [5.74, 6) is 0.728. The summed E-state index contributed by atoms with van der Waals surface area (Å²) in [5.41, 5.74) is 0.919. The number of aromatic nitrogens is 2. The number of para-hydroxylation sites is 1. The van der Waals surface area contributed by atoms with Crippen LogP contribution in [-0.2, 0) is 16.6 Å². The second-order valence-electron chi connectivity index (χ2n) is 6.36. The van der Waals surface area contributed by atoms with E-state index in [4.69, 9.17) is 4.74 Å². The highest BCUT2D eigenvalue weighted by Gasteiger charge is 2.40. The summed E-state index contributed by atoms with van der Waals surface area (Å²) in [5, 5.41) is 4.39. The third kappa shape index (κ3) is 3.18. The number of rotatable bonds is 5. The molecule has 1 aromatic heterocycles. The minimum atomic E-state index is -3.65. The van der Waals surface area contributed by atoms with Gasteiger partial charge < -0.3 is 4.74 Å². The molecule has 0 aliphatic carbocycles. The molecule has 1 saturated heterocycles. The predicted octanol–water partition coefficient (Wildman–Crippen LogP) is 3.22. The van der Waals surface area contributed by atoms with Gasteiger partial charge in [-0.3, -0.25) is 4.68 Å². The molecule has 6 nitrogen and oxygen atoms in total. The van der Waals surface area contributed by atoms with E-state index in [2.05, 4.69) is 5.10 Å². The van der Waals surface area contributed by atoms with Crippen LogP contribution >= 0.6 is 0 Å². The van der Waals surface area contributed by atoms with Crippen molar-refractivity contribution >= 4 is 10.0 Å². The van der Waals surface area contributed by atoms with Gasteiger partial charge in [0.15, 0.2) is 5.03 Å². The van der Waals surface area contributed by atoms with Crippen molar-refractivity contribution in [2.24, 2.45) is 0 Å². The first-order valence-electron chi connectivity index (χ1n) is 8.69. The quantitative estimate of drug-likeness (QED) is 0.818. The lowest BCUT2D eigenvalue weighted by Gasteiger charge is -2.40. The Balaban J connectivity index is 2.10. The maximum atomic E-state index is 13.4. The van der Waals surface area contributed by atoms with Crippen molar-refractivity contribution in [3.8, 4) is 5.75 Å². The Morgan fingerprint density at radius 1 is 1.24 bits per heavy atom. The zero-order valence-corrected chi connectivity index (χ0v) is 15.7. The molecule has 2 heterocycles. The summed E-state index contributed by atoms with van der Waals surface area (Å²) in [6.45, 7) is 4.39. The number of benzene rings is 1. The molecule has 2 aromatic rings. The fraction of sp³-hybridized carbons (Fsp3) is 0.500. The molecule has 0 spiro atoms. The van der Waals surface area contributed by atoms with E-state index in [1.807, 2.05) is 38.1 Å². The summed E-state index contributed by atoms with van der Waals surface area (Å²) < 4.78 is 35.6. The number of ether oxygens (including phenoxy) is 1. The fourth-order valence-corrected chi connectivity index (χ4v) is 5.72. The highest BCUT2D eigenvalue weighted by molar-refractivity contribution is 7.89. The van der Waals surface area contributed by atoms with E-state index in [-0.39, 0.29) is 17.1 Å². The summed E-state index contributed by atoms with van der Waals surface area (Å²) in [4.78, 5) is 0. The van der Waals surface area contributed by atoms with Crippen LogP contribution < -0.4 is 4.74 Å². The number of hydrogen-bond acceptors (Lipinski definition) is 4. The topological polar surface area (TPSA) is 64.4 Å². The van der Waals surface area contributed by atoms with Crippen molar-refractivity contribution in [2.75, 3.05) is 7.11 Å². The SMILES string of the molecule is CCn1nccc1S(=O)(=O)N1[C@H](C)CCC[C@@H]1c1ccccc1OC. The van der Waals surface area contributed by atoms with Crippen molar-refractivity contribution in [1.82, 2.24) is 14.1 Å². The lowest BCUT2D eigenvalue weighted by atomic mass is 9.93. The minimum absolute atomic E-state index is 0.0751. The summed E-state index contributed by atoms with van der Waals surface area (Å²) in [6, 6.07) is 8.95. The van der Waals surface area contributed by atoms with Crippen LogP contribution in [0.1, 0.15) is 44.7 Å². The Kier molecular flexibility index (Phi) is 5.15. The number of sulfonamides is 1. The number of methoxy groups -OCH3 is 1. The van der Waals surface area contributed by atoms with Gasteiger partial charge in [0.25, 0.3) is 10.0 Å². The molecule has 0 unspecified atom stereocenters. The van der Waals surface area contributed by atoms with Gasteiger partial charge >= 0.3 is 0 Å². The van der Waals surface area contributed by atoms with Crippen LogP contribution in [0.5, 0.6) is 5.75 Å². The van der Waals surface area contributed by atoms with Crippen molar-refractivity contribution in [3.63, 3.8) is 0 Å². The van der Waals surface area contributed by atoms with E-state index < -0.39 is 10.0 Å². The van der Waals surface area contributed by atoms with Gasteiger partial charge in [0, 0.05) is 18.2 Å². The first kappa shape index (κ1) is 17.9. The van der Waals surface area contributed by atoms with Crippen LogP contribution in [0.2, 0.25) is 0 Å². The summed E-state index contributed by atoms with van der Waals surface area (Å²) >= 11 is 0. The predicted molar refractivity (Wildman–Crippen MR) is 96.0 cm³/mol. The Morgan fingerprint density at radius 3 is 2.72 bits per heavy atom. The highest BCUT2D eigenvalue weighted by atomic mass is 32.2. The van der Waals surface area contributed by atoms with Crippen LogP contribution in [0.3, 0.4) is 0 Å². The van der Waals surface area contributed by atoms with Gasteiger partial charge in [0.2, 0.25) is 0 Å². The van der Waals surface area contributed by atoms with E-state index in [0.29, 0.717) is 6.54 Å². The fourth-order valence-electron chi connectivity index (χ4n) is 3.69. The Labute approximate surface area is 149 Å². The number of aryl methyl sites for hydroxylation is 1. The van der Waals surface area contributed by atoms with E-state index in [1.165, 1.54) is 4.68 Å². The summed E-state index contributed by atoms with van der Waals surface area (Å²) in [7, 11) is -2.03. The van der Waals surface area contributed by atoms with E-state index >= 15 is 0 Å². The Bertz CT molecular complexity index is 832. The molecule has 0 saturated carbocycles. The Hall–Kier alpha value is -1.86. The standard InChI is InChI=1S/C18H25N3O3S/c1-4-20-18(12-13-19-20)25(22,23)21-14(2)8-7-10-16(21)15-9-5-6-11-17(15)24-3/h5-6,9,11-14,16H,4,7-8,10H2,1-3H3/t14-,16-/m1/s1. The molecule has 136 valence electrons. The van der Waals surface area contributed by atoms with Crippen molar-refractivity contribution in [3.05, 3.63) is 42.1 Å². The maximum Gasteiger partial charge on any atom is 0.261 e. The van der Waals surface area contributed by atoms with Gasteiger partial charge in [-0.25, -0.2) is 8.42 Å². The molecule has 7 heteroatoms. The van der Waals surface area contributed by atoms with Gasteiger partial charge in [0.1, 0.15) is 5.75 Å². The molecule has 0 amide bonds. The van der Waals surface area contributed by atoms with Crippen LogP contribution in [0.25, 0.3) is 0 Å². The van der Waals surface area contributed by atoms with Crippen LogP contribution in [0, 0.1) is 0 Å². The molecule has 0 N–H and O–H groups in total. The average Bonchev–Trinajstić information content (AvgIpc) is 3.11. The number of hydrogen-bond donors (Lipinski definition) is 0. The highest BCUT2D eigenvalue weighted by Crippen LogP contribution is 2.41. The molecule has 0 bridgehead atoms. The van der Waals surface area contributed by atoms with Crippen molar-refractivity contribution in [1.29, 1.82) is 0 Å². The van der Waals surface area contributed by atoms with Crippen LogP contribution in [0.4, 0.5) is 0 Å². The zero-order chi connectivity index (χ0) is 18.0. The van der Waals surface area contributed by atoms with E-state index in [0.717, 1.165) is 30.6 Å². The molecule has 1 aliphatic rings. The summed E-state index contributed by atoms with van der Waals surface area (Å²) in [6.07, 6.45) is 4.17. The van der Waals surface area contributed by atoms with Gasteiger partial charge in [-0.1, -0.05) is 18.2 Å². The number of nitrogens with zero attached hydrogens (tertiary/aromatic N) is 3. The normalized spacial score (nSPS) is 22.0. The molecule has 3 rings (SSSR count). The molecule has 0 radical (unpaired) electrons. The molecular formula is C18H25N3O3S. The van der Waals surface area contributed by atoms with Crippen LogP contribution in [-0.4, -0.2) is 35.7 Å². The third-order valence-corrected chi connectivity index (χ3v) is 6.90. The monoisotopic (exact) mass is 363 g/mol. The van der Waals surface area contributed by atoms with Gasteiger partial charge in [-0.2, -0.15) is 9.40 Å². The number of piperidine rings is 1.